The van der Waals surface area contributed by atoms with Crippen LogP contribution in [0.3, 0.4) is 0 Å². The van der Waals surface area contributed by atoms with E-state index in [1.807, 2.05) is 0 Å². The SMILES string of the molecule is [CH]OS(=O)(=O)c1cc(F)c(Cl)cc1F. The molecule has 0 aliphatic rings. The van der Waals surface area contributed by atoms with Crippen LogP contribution in [-0.4, -0.2) is 8.42 Å². The molecule has 0 spiro atoms. The molecule has 0 aromatic heterocycles. The van der Waals surface area contributed by atoms with Gasteiger partial charge in [-0.3, -0.25) is 4.18 Å². The molecule has 0 aliphatic carbocycles. The first kappa shape index (κ1) is 11.4. The summed E-state index contributed by atoms with van der Waals surface area (Å²) in [6.45, 7) is 0. The molecule has 1 aromatic carbocycles. The van der Waals surface area contributed by atoms with Crippen molar-refractivity contribution >= 4 is 21.7 Å². The van der Waals surface area contributed by atoms with Gasteiger partial charge in [-0.05, 0) is 12.1 Å². The molecule has 0 saturated heterocycles. The first-order valence-electron chi connectivity index (χ1n) is 3.16. The molecule has 0 heterocycles. The zero-order chi connectivity index (χ0) is 10.9. The molecule has 7 heteroatoms. The van der Waals surface area contributed by atoms with Gasteiger partial charge in [0.25, 0.3) is 10.1 Å². The smallest absolute Gasteiger partial charge is 0.257 e. The fourth-order valence-corrected chi connectivity index (χ4v) is 1.55. The van der Waals surface area contributed by atoms with Crippen LogP contribution < -0.4 is 0 Å². The van der Waals surface area contributed by atoms with E-state index in [0.717, 1.165) is 0 Å². The van der Waals surface area contributed by atoms with E-state index in [-0.39, 0.29) is 0 Å². The van der Waals surface area contributed by atoms with Crippen LogP contribution >= 0.6 is 11.6 Å². The van der Waals surface area contributed by atoms with E-state index in [0.29, 0.717) is 12.1 Å². The molecule has 0 unspecified atom stereocenters. The second-order valence-electron chi connectivity index (χ2n) is 2.25. The average Bonchev–Trinajstić information content (AvgIpc) is 2.11. The minimum atomic E-state index is -4.46. The van der Waals surface area contributed by atoms with Gasteiger partial charge in [0, 0.05) is 0 Å². The zero-order valence-corrected chi connectivity index (χ0v) is 8.07. The Kier molecular flexibility index (Phi) is 3.08. The Morgan fingerprint density at radius 2 is 1.86 bits per heavy atom. The lowest BCUT2D eigenvalue weighted by atomic mass is 10.3. The average molecular weight is 241 g/mol. The normalized spacial score (nSPS) is 11.7. The first-order chi connectivity index (χ1) is 6.38. The molecule has 0 fully saturated rings. The number of rotatable bonds is 2. The van der Waals surface area contributed by atoms with Crippen molar-refractivity contribution in [1.82, 2.24) is 0 Å². The van der Waals surface area contributed by atoms with Crippen LogP contribution in [0.2, 0.25) is 5.02 Å². The molecule has 76 valence electrons. The van der Waals surface area contributed by atoms with Crippen molar-refractivity contribution < 1.29 is 21.4 Å². The predicted molar refractivity (Wildman–Crippen MR) is 43.9 cm³/mol. The van der Waals surface area contributed by atoms with Crippen molar-refractivity contribution in [3.8, 4) is 0 Å². The van der Waals surface area contributed by atoms with Crippen LogP contribution in [0.5, 0.6) is 0 Å². The standard InChI is InChI=1S/C7H3ClF2O3S/c1-13-14(11,12)7-3-5(9)4(8)2-6(7)10/h1-3H. The molecule has 1 aromatic rings. The minimum Gasteiger partial charge on any atom is -0.257 e. The summed E-state index contributed by atoms with van der Waals surface area (Å²) in [5.41, 5.74) is 0. The van der Waals surface area contributed by atoms with Crippen LogP contribution in [0.4, 0.5) is 8.78 Å². The number of halogens is 3. The third-order valence-corrected chi connectivity index (χ3v) is 2.77. The van der Waals surface area contributed by atoms with Gasteiger partial charge in [0.15, 0.2) is 0 Å². The topological polar surface area (TPSA) is 43.4 Å². The summed E-state index contributed by atoms with van der Waals surface area (Å²) in [5, 5.41) is -0.529. The summed E-state index contributed by atoms with van der Waals surface area (Å²) in [4.78, 5) is -0.998. The maximum atomic E-state index is 12.9. The van der Waals surface area contributed by atoms with E-state index in [2.05, 4.69) is 11.3 Å². The minimum absolute atomic E-state index is 0.389. The van der Waals surface area contributed by atoms with Gasteiger partial charge in [-0.2, -0.15) is 8.42 Å². The molecule has 0 saturated carbocycles. The van der Waals surface area contributed by atoms with Gasteiger partial charge in [-0.15, -0.1) is 0 Å². The van der Waals surface area contributed by atoms with Crippen molar-refractivity contribution in [2.75, 3.05) is 0 Å². The Balaban J connectivity index is 3.45. The van der Waals surface area contributed by atoms with Gasteiger partial charge in [-0.1, -0.05) is 11.6 Å². The second-order valence-corrected chi connectivity index (χ2v) is 4.19. The second kappa shape index (κ2) is 3.80. The lowest BCUT2D eigenvalue weighted by Crippen LogP contribution is -2.05. The molecule has 1 rings (SSSR count). The van der Waals surface area contributed by atoms with Crippen molar-refractivity contribution in [2.24, 2.45) is 0 Å². The highest BCUT2D eigenvalue weighted by atomic mass is 35.5. The van der Waals surface area contributed by atoms with Gasteiger partial charge >= 0.3 is 0 Å². The van der Waals surface area contributed by atoms with E-state index < -0.39 is 31.7 Å². The summed E-state index contributed by atoms with van der Waals surface area (Å²) in [5.74, 6) is -2.31. The molecule has 3 nitrogen and oxygen atoms in total. The van der Waals surface area contributed by atoms with Crippen LogP contribution in [0.1, 0.15) is 0 Å². The van der Waals surface area contributed by atoms with E-state index in [4.69, 9.17) is 11.6 Å². The van der Waals surface area contributed by atoms with Gasteiger partial charge in [0.05, 0.1) is 5.02 Å². The summed E-state index contributed by atoms with van der Waals surface area (Å²) >= 11 is 5.20. The Morgan fingerprint density at radius 1 is 1.29 bits per heavy atom. The molecule has 0 aliphatic heterocycles. The molecular formula is C7H3ClF2O3S. The van der Waals surface area contributed by atoms with Gasteiger partial charge in [-0.25, -0.2) is 8.78 Å². The monoisotopic (exact) mass is 240 g/mol. The van der Waals surface area contributed by atoms with Crippen LogP contribution in [0.25, 0.3) is 0 Å². The number of hydrogen-bond acceptors (Lipinski definition) is 3. The summed E-state index contributed by atoms with van der Waals surface area (Å²) in [6, 6.07) is 0.905. The third kappa shape index (κ3) is 2.02. The maximum absolute atomic E-state index is 12.9. The molecule has 0 bridgehead atoms. The van der Waals surface area contributed by atoms with Crippen LogP contribution in [0.15, 0.2) is 17.0 Å². The van der Waals surface area contributed by atoms with E-state index >= 15 is 0 Å². The summed E-state index contributed by atoms with van der Waals surface area (Å²) in [7, 11) is -0.0787. The third-order valence-electron chi connectivity index (χ3n) is 1.37. The van der Waals surface area contributed by atoms with Crippen LogP contribution in [0, 0.1) is 18.7 Å². The zero-order valence-electron chi connectivity index (χ0n) is 6.50. The highest BCUT2D eigenvalue weighted by Crippen LogP contribution is 2.23. The van der Waals surface area contributed by atoms with Crippen molar-refractivity contribution in [2.45, 2.75) is 4.90 Å². The molecule has 0 amide bonds. The van der Waals surface area contributed by atoms with E-state index in [9.17, 15) is 17.2 Å². The lowest BCUT2D eigenvalue weighted by Gasteiger charge is -2.03. The number of hydrogen-bond donors (Lipinski definition) is 0. The Hall–Kier alpha value is -0.720. The lowest BCUT2D eigenvalue weighted by molar-refractivity contribution is 0.430. The first-order valence-corrected chi connectivity index (χ1v) is 4.95. The highest BCUT2D eigenvalue weighted by Gasteiger charge is 2.21. The Bertz CT molecular complexity index is 458. The Morgan fingerprint density at radius 3 is 2.36 bits per heavy atom. The Labute approximate surface area is 84.4 Å². The highest BCUT2D eigenvalue weighted by molar-refractivity contribution is 7.86. The predicted octanol–water partition coefficient (Wildman–Crippen LogP) is 1.99. The molecule has 14 heavy (non-hydrogen) atoms. The van der Waals surface area contributed by atoms with Crippen LogP contribution in [-0.2, 0) is 14.3 Å². The van der Waals surface area contributed by atoms with Crippen molar-refractivity contribution in [1.29, 1.82) is 0 Å². The molecule has 2 radical (unpaired) electrons. The quantitative estimate of drug-likeness (QED) is 0.587. The number of benzene rings is 1. The van der Waals surface area contributed by atoms with Gasteiger partial charge in [0.1, 0.15) is 23.6 Å². The van der Waals surface area contributed by atoms with E-state index in [1.54, 1.807) is 0 Å². The maximum Gasteiger partial charge on any atom is 0.300 e. The molecule has 0 N–H and O–H groups in total. The summed E-state index contributed by atoms with van der Waals surface area (Å²) < 4.78 is 51.0. The van der Waals surface area contributed by atoms with Gasteiger partial charge in [0.2, 0.25) is 0 Å². The fraction of sp³-hybridized carbons (Fsp3) is 0. The molecular weight excluding hydrogens is 238 g/mol. The largest absolute Gasteiger partial charge is 0.300 e. The van der Waals surface area contributed by atoms with Crippen molar-refractivity contribution in [3.63, 3.8) is 0 Å². The van der Waals surface area contributed by atoms with E-state index in [1.165, 1.54) is 0 Å². The fourth-order valence-electron chi connectivity index (χ4n) is 0.748. The molecule has 0 atom stereocenters. The van der Waals surface area contributed by atoms with Crippen molar-refractivity contribution in [3.05, 3.63) is 35.9 Å². The summed E-state index contributed by atoms with van der Waals surface area (Å²) in [6.07, 6.45) is 0. The van der Waals surface area contributed by atoms with Gasteiger partial charge < -0.3 is 0 Å².